The molecule has 1 aliphatic carbocycles. The van der Waals surface area contributed by atoms with Gasteiger partial charge in [0.25, 0.3) is 5.91 Å². The predicted octanol–water partition coefficient (Wildman–Crippen LogP) is 5.07. The van der Waals surface area contributed by atoms with Crippen LogP contribution in [0, 0.1) is 5.41 Å². The van der Waals surface area contributed by atoms with Crippen molar-refractivity contribution in [3.63, 3.8) is 0 Å². The van der Waals surface area contributed by atoms with Crippen LogP contribution in [-0.4, -0.2) is 29.9 Å². The first-order chi connectivity index (χ1) is 12.7. The van der Waals surface area contributed by atoms with E-state index in [-0.39, 0.29) is 17.4 Å². The average molecular weight is 369 g/mol. The van der Waals surface area contributed by atoms with Crippen LogP contribution in [0.1, 0.15) is 53.9 Å². The highest BCUT2D eigenvalue weighted by molar-refractivity contribution is 6.01. The number of rotatable bonds is 5. The molecule has 0 spiro atoms. The van der Waals surface area contributed by atoms with Crippen LogP contribution >= 0.6 is 0 Å². The summed E-state index contributed by atoms with van der Waals surface area (Å²) in [6, 6.07) is -0.316. The summed E-state index contributed by atoms with van der Waals surface area (Å²) in [6.45, 7) is 12.2. The molecule has 0 atom stereocenters. The van der Waals surface area contributed by atoms with Crippen LogP contribution in [0.4, 0.5) is 4.79 Å². The van der Waals surface area contributed by atoms with Crippen LogP contribution in [0.2, 0.25) is 0 Å². The number of imide groups is 1. The monoisotopic (exact) mass is 368 g/mol. The zero-order chi connectivity index (χ0) is 20.0. The molecule has 2 aliphatic rings. The van der Waals surface area contributed by atoms with Crippen molar-refractivity contribution in [1.29, 1.82) is 0 Å². The topological polar surface area (TPSA) is 49.2 Å². The maximum atomic E-state index is 11.8. The molecule has 0 radical (unpaired) electrons. The molecule has 0 bridgehead atoms. The Hall–Kier alpha value is -2.36. The lowest BCUT2D eigenvalue weighted by Crippen LogP contribution is -2.32. The van der Waals surface area contributed by atoms with E-state index in [1.54, 1.807) is 4.90 Å². The van der Waals surface area contributed by atoms with Gasteiger partial charge in [0.05, 0.1) is 0 Å². The van der Waals surface area contributed by atoms with Crippen molar-refractivity contribution >= 4 is 11.9 Å². The summed E-state index contributed by atoms with van der Waals surface area (Å²) in [6.07, 6.45) is 15.4. The molecule has 2 rings (SSSR count). The van der Waals surface area contributed by atoms with Gasteiger partial charge in [-0.3, -0.25) is 10.1 Å². The van der Waals surface area contributed by atoms with Crippen molar-refractivity contribution in [2.24, 2.45) is 5.41 Å². The number of nitrogens with zero attached hydrogens (tertiary/aromatic N) is 1. The molecule has 1 aliphatic heterocycles. The van der Waals surface area contributed by atoms with Gasteiger partial charge in [0.2, 0.25) is 0 Å². The molecular formula is C23H32N2O2. The van der Waals surface area contributed by atoms with Crippen LogP contribution in [0.15, 0.2) is 58.7 Å². The summed E-state index contributed by atoms with van der Waals surface area (Å²) in [7, 11) is 0. The number of hydrogen-bond donors (Lipinski definition) is 1. The SMILES string of the molecule is CC1=C(/C=C/C(C)=C/C=C/C(C)=C/C(=O)NC(=O)N2CC2)C(C)(C)CCC1. The van der Waals surface area contributed by atoms with Crippen molar-refractivity contribution in [1.82, 2.24) is 10.2 Å². The first kappa shape index (κ1) is 20.9. The van der Waals surface area contributed by atoms with Crippen LogP contribution in [0.5, 0.6) is 0 Å². The maximum absolute atomic E-state index is 11.8. The zero-order valence-corrected chi connectivity index (χ0v) is 17.3. The Morgan fingerprint density at radius 3 is 2.44 bits per heavy atom. The molecule has 0 aromatic rings. The summed E-state index contributed by atoms with van der Waals surface area (Å²) in [4.78, 5) is 24.8. The van der Waals surface area contributed by atoms with Crippen molar-refractivity contribution in [3.8, 4) is 0 Å². The lowest BCUT2D eigenvalue weighted by atomic mass is 9.72. The minimum Gasteiger partial charge on any atom is -0.321 e. The van der Waals surface area contributed by atoms with Gasteiger partial charge in [-0.25, -0.2) is 4.79 Å². The quantitative estimate of drug-likeness (QED) is 0.418. The molecule has 146 valence electrons. The Morgan fingerprint density at radius 2 is 1.81 bits per heavy atom. The Kier molecular flexibility index (Phi) is 7.00. The normalized spacial score (nSPS) is 20.6. The number of urea groups is 1. The van der Waals surface area contributed by atoms with Gasteiger partial charge in [0.15, 0.2) is 0 Å². The molecule has 27 heavy (non-hydrogen) atoms. The fraction of sp³-hybridized carbons (Fsp3) is 0.478. The van der Waals surface area contributed by atoms with E-state index in [0.717, 1.165) is 24.2 Å². The predicted molar refractivity (Wildman–Crippen MR) is 111 cm³/mol. The Bertz CT molecular complexity index is 744. The van der Waals surface area contributed by atoms with E-state index in [1.807, 2.05) is 25.2 Å². The number of allylic oxidation sites excluding steroid dienone is 9. The second kappa shape index (κ2) is 9.03. The van der Waals surface area contributed by atoms with Crippen LogP contribution < -0.4 is 5.32 Å². The molecule has 3 amide bonds. The third-order valence-corrected chi connectivity index (χ3v) is 5.10. The van der Waals surface area contributed by atoms with Crippen LogP contribution in [-0.2, 0) is 4.79 Å². The number of carbonyl (C=O) groups excluding carboxylic acids is 2. The van der Waals surface area contributed by atoms with Gasteiger partial charge in [-0.15, -0.1) is 0 Å². The standard InChI is InChI=1S/C23H32N2O2/c1-17(11-12-20-19(3)10-7-13-23(20,4)5)8-6-9-18(2)16-21(26)24-22(27)25-14-15-25/h6,8-9,11-12,16H,7,10,13-15H2,1-5H3,(H,24,26,27)/b9-6+,12-11+,17-8+,18-16+. The smallest absolute Gasteiger partial charge is 0.321 e. The third-order valence-electron chi connectivity index (χ3n) is 5.10. The lowest BCUT2D eigenvalue weighted by molar-refractivity contribution is -0.115. The molecule has 4 heteroatoms. The summed E-state index contributed by atoms with van der Waals surface area (Å²) in [5.74, 6) is -0.378. The van der Waals surface area contributed by atoms with E-state index in [2.05, 4.69) is 45.2 Å². The van der Waals surface area contributed by atoms with Gasteiger partial charge >= 0.3 is 6.03 Å². The van der Waals surface area contributed by atoms with Crippen molar-refractivity contribution in [3.05, 3.63) is 58.7 Å². The number of amides is 3. The van der Waals surface area contributed by atoms with Gasteiger partial charge in [0, 0.05) is 19.2 Å². The van der Waals surface area contributed by atoms with Gasteiger partial charge in [-0.1, -0.05) is 55.4 Å². The first-order valence-electron chi connectivity index (χ1n) is 9.70. The van der Waals surface area contributed by atoms with Crippen LogP contribution in [0.25, 0.3) is 0 Å². The molecule has 0 unspecified atom stereocenters. The van der Waals surface area contributed by atoms with Gasteiger partial charge in [0.1, 0.15) is 0 Å². The molecule has 1 N–H and O–H groups in total. The van der Waals surface area contributed by atoms with Crippen molar-refractivity contribution in [2.45, 2.75) is 53.9 Å². The molecule has 0 aromatic heterocycles. The molecule has 1 fully saturated rings. The zero-order valence-electron chi connectivity index (χ0n) is 17.3. The van der Waals surface area contributed by atoms with Crippen LogP contribution in [0.3, 0.4) is 0 Å². The summed E-state index contributed by atoms with van der Waals surface area (Å²) >= 11 is 0. The number of nitrogens with one attached hydrogen (secondary N) is 1. The minimum atomic E-state index is -0.378. The van der Waals surface area contributed by atoms with E-state index in [1.165, 1.54) is 36.5 Å². The molecule has 4 nitrogen and oxygen atoms in total. The molecule has 0 saturated carbocycles. The van der Waals surface area contributed by atoms with E-state index >= 15 is 0 Å². The van der Waals surface area contributed by atoms with Gasteiger partial charge in [-0.05, 0) is 56.6 Å². The minimum absolute atomic E-state index is 0.246. The highest BCUT2D eigenvalue weighted by Gasteiger charge is 2.26. The number of hydrogen-bond acceptors (Lipinski definition) is 2. The number of carbonyl (C=O) groups is 2. The van der Waals surface area contributed by atoms with E-state index < -0.39 is 0 Å². The average Bonchev–Trinajstić information content (AvgIpc) is 3.38. The summed E-state index contributed by atoms with van der Waals surface area (Å²) in [5.41, 5.74) is 5.14. The Labute approximate surface area is 163 Å². The van der Waals surface area contributed by atoms with E-state index in [0.29, 0.717) is 0 Å². The largest absolute Gasteiger partial charge is 0.324 e. The van der Waals surface area contributed by atoms with Gasteiger partial charge < -0.3 is 4.90 Å². The van der Waals surface area contributed by atoms with Crippen molar-refractivity contribution < 1.29 is 9.59 Å². The van der Waals surface area contributed by atoms with E-state index in [9.17, 15) is 9.59 Å². The fourth-order valence-electron chi connectivity index (χ4n) is 3.36. The highest BCUT2D eigenvalue weighted by atomic mass is 16.2. The maximum Gasteiger partial charge on any atom is 0.324 e. The summed E-state index contributed by atoms with van der Waals surface area (Å²) in [5, 5.41) is 2.35. The molecule has 0 aromatic carbocycles. The molecule has 1 saturated heterocycles. The Balaban J connectivity index is 1.92. The molecule has 1 heterocycles. The van der Waals surface area contributed by atoms with Gasteiger partial charge in [-0.2, -0.15) is 0 Å². The fourth-order valence-corrected chi connectivity index (χ4v) is 3.36. The second-order valence-corrected chi connectivity index (χ2v) is 8.20. The lowest BCUT2D eigenvalue weighted by Gasteiger charge is -2.32. The highest BCUT2D eigenvalue weighted by Crippen LogP contribution is 2.40. The Morgan fingerprint density at radius 1 is 1.11 bits per heavy atom. The van der Waals surface area contributed by atoms with Crippen molar-refractivity contribution in [2.75, 3.05) is 13.1 Å². The molecular weight excluding hydrogens is 336 g/mol. The van der Waals surface area contributed by atoms with E-state index in [4.69, 9.17) is 0 Å². The third kappa shape index (κ3) is 6.70. The first-order valence-corrected chi connectivity index (χ1v) is 9.70. The summed E-state index contributed by atoms with van der Waals surface area (Å²) < 4.78 is 0. The second-order valence-electron chi connectivity index (χ2n) is 8.20.